The molecule has 198 valence electrons. The molecule has 0 aliphatic carbocycles. The molecule has 3 aliphatic rings. The summed E-state index contributed by atoms with van der Waals surface area (Å²) < 4.78 is 6.65. The van der Waals surface area contributed by atoms with Crippen LogP contribution in [0, 0.1) is 17.8 Å². The number of nitrogens with one attached hydrogen (secondary N) is 2. The monoisotopic (exact) mass is 499 g/mol. The van der Waals surface area contributed by atoms with Crippen LogP contribution in [-0.4, -0.2) is 64.2 Å². The zero-order chi connectivity index (χ0) is 26.1. The van der Waals surface area contributed by atoms with E-state index >= 15 is 0 Å². The first kappa shape index (κ1) is 26.6. The maximum absolute atomic E-state index is 14.2. The fraction of sp³-hybridized carbons (Fsp3) is 0.679. The van der Waals surface area contributed by atoms with Gasteiger partial charge in [0.2, 0.25) is 17.7 Å². The molecular formula is C28H41N3O5. The van der Waals surface area contributed by atoms with Crippen molar-refractivity contribution in [1.29, 1.82) is 0 Å². The number of carbonyl (C=O) groups is 3. The van der Waals surface area contributed by atoms with E-state index in [1.54, 1.807) is 4.90 Å². The zero-order valence-electron chi connectivity index (χ0n) is 22.0. The number of hydrogen-bond acceptors (Lipinski definition) is 5. The van der Waals surface area contributed by atoms with Crippen LogP contribution in [0.15, 0.2) is 30.3 Å². The average molecular weight is 500 g/mol. The minimum absolute atomic E-state index is 0.0195. The second-order valence-electron chi connectivity index (χ2n) is 11.0. The van der Waals surface area contributed by atoms with Crippen molar-refractivity contribution in [3.8, 4) is 0 Å². The number of rotatable bonds is 11. The predicted octanol–water partition coefficient (Wildman–Crippen LogP) is 3.10. The Hall–Kier alpha value is -2.45. The minimum atomic E-state index is -1.08. The molecule has 2 unspecified atom stereocenters. The van der Waals surface area contributed by atoms with Gasteiger partial charge in [-0.15, -0.1) is 0 Å². The lowest BCUT2D eigenvalue weighted by molar-refractivity contribution is -0.150. The lowest BCUT2D eigenvalue weighted by atomic mass is 9.66. The van der Waals surface area contributed by atoms with E-state index in [1.807, 2.05) is 51.1 Å². The highest BCUT2D eigenvalue weighted by atomic mass is 16.5. The summed E-state index contributed by atoms with van der Waals surface area (Å²) in [6.07, 6.45) is 4.75. The number of carbonyl (C=O) groups excluding carboxylic acids is 3. The second-order valence-corrected chi connectivity index (χ2v) is 11.0. The SMILES string of the molecule is CCCCCNC(=O)C1N([C@@H](CO)[C@@H](C)CC)C(=O)[C@@H]2[C@H](C(=O)Nc3ccccc3)[C@]3(C)CCC12O3. The van der Waals surface area contributed by atoms with Gasteiger partial charge in [-0.1, -0.05) is 58.2 Å². The summed E-state index contributed by atoms with van der Waals surface area (Å²) in [6.45, 7) is 8.26. The van der Waals surface area contributed by atoms with Gasteiger partial charge in [-0.3, -0.25) is 14.4 Å². The number of aliphatic hydroxyl groups excluding tert-OH is 1. The lowest BCUT2D eigenvalue weighted by Gasteiger charge is -2.39. The van der Waals surface area contributed by atoms with Gasteiger partial charge < -0.3 is 25.4 Å². The third-order valence-electron chi connectivity index (χ3n) is 8.71. The molecule has 1 aromatic rings. The van der Waals surface area contributed by atoms with E-state index in [2.05, 4.69) is 17.6 Å². The molecule has 0 radical (unpaired) electrons. The number of anilines is 1. The van der Waals surface area contributed by atoms with Crippen LogP contribution in [0.1, 0.15) is 66.2 Å². The van der Waals surface area contributed by atoms with E-state index in [0.29, 0.717) is 25.1 Å². The number of para-hydroxylation sites is 1. The quantitative estimate of drug-likeness (QED) is 0.406. The van der Waals surface area contributed by atoms with Gasteiger partial charge in [-0.2, -0.15) is 0 Å². The third-order valence-corrected chi connectivity index (χ3v) is 8.71. The highest BCUT2D eigenvalue weighted by Gasteiger charge is 2.78. The Labute approximate surface area is 214 Å². The highest BCUT2D eigenvalue weighted by molar-refractivity contribution is 6.02. The molecule has 8 nitrogen and oxygen atoms in total. The van der Waals surface area contributed by atoms with Gasteiger partial charge in [0.25, 0.3) is 0 Å². The molecule has 3 amide bonds. The zero-order valence-corrected chi connectivity index (χ0v) is 22.0. The van der Waals surface area contributed by atoms with Crippen molar-refractivity contribution in [2.75, 3.05) is 18.5 Å². The summed E-state index contributed by atoms with van der Waals surface area (Å²) >= 11 is 0. The van der Waals surface area contributed by atoms with Gasteiger partial charge in [0, 0.05) is 12.2 Å². The summed E-state index contributed by atoms with van der Waals surface area (Å²) in [4.78, 5) is 43.1. The van der Waals surface area contributed by atoms with E-state index in [1.165, 1.54) is 0 Å². The molecule has 1 spiro atoms. The van der Waals surface area contributed by atoms with Gasteiger partial charge in [-0.25, -0.2) is 0 Å². The topological polar surface area (TPSA) is 108 Å². The van der Waals surface area contributed by atoms with E-state index in [-0.39, 0.29) is 30.2 Å². The van der Waals surface area contributed by atoms with Crippen molar-refractivity contribution in [3.63, 3.8) is 0 Å². The van der Waals surface area contributed by atoms with Crippen molar-refractivity contribution in [2.24, 2.45) is 17.8 Å². The first-order valence-corrected chi connectivity index (χ1v) is 13.5. The van der Waals surface area contributed by atoms with Gasteiger partial charge >= 0.3 is 0 Å². The van der Waals surface area contributed by atoms with Crippen LogP contribution in [-0.2, 0) is 19.1 Å². The molecule has 3 heterocycles. The second kappa shape index (κ2) is 10.5. The number of likely N-dealkylation sites (tertiary alicyclic amines) is 1. The van der Waals surface area contributed by atoms with Crippen LogP contribution >= 0.6 is 0 Å². The summed E-state index contributed by atoms with van der Waals surface area (Å²) in [6, 6.07) is 7.78. The Kier molecular flexibility index (Phi) is 7.76. The molecule has 3 aliphatic heterocycles. The largest absolute Gasteiger partial charge is 0.394 e. The normalized spacial score (nSPS) is 32.3. The van der Waals surface area contributed by atoms with Crippen LogP contribution in [0.25, 0.3) is 0 Å². The smallest absolute Gasteiger partial charge is 0.245 e. The number of benzene rings is 1. The summed E-state index contributed by atoms with van der Waals surface area (Å²) in [5, 5.41) is 16.4. The molecule has 4 rings (SSSR count). The van der Waals surface area contributed by atoms with Crippen LogP contribution in [0.2, 0.25) is 0 Å². The standard InChI is InChI=1S/C28H41N3O5/c1-5-7-11-16-29-25(34)23-28-15-14-27(4,36-28)21(24(33)30-19-12-9-8-10-13-19)22(28)26(35)31(23)20(17-32)18(3)6-2/h8-10,12-13,18,20-23,32H,5-7,11,14-17H2,1-4H3,(H,29,34)(H,30,33)/t18-,20-,21+,22-,23?,27-,28?/m0/s1. The molecule has 3 N–H and O–H groups in total. The van der Waals surface area contributed by atoms with Crippen LogP contribution in [0.5, 0.6) is 0 Å². The van der Waals surface area contributed by atoms with Crippen molar-refractivity contribution >= 4 is 23.4 Å². The molecule has 3 saturated heterocycles. The fourth-order valence-electron chi connectivity index (χ4n) is 6.66. The molecule has 36 heavy (non-hydrogen) atoms. The third kappa shape index (κ3) is 4.32. The summed E-state index contributed by atoms with van der Waals surface area (Å²) in [5.74, 6) is -2.30. The average Bonchev–Trinajstić information content (AvgIpc) is 3.43. The lowest BCUT2D eigenvalue weighted by Crippen LogP contribution is -2.59. The van der Waals surface area contributed by atoms with Crippen molar-refractivity contribution in [1.82, 2.24) is 10.2 Å². The number of hydrogen-bond donors (Lipinski definition) is 3. The van der Waals surface area contributed by atoms with Gasteiger partial charge in [0.15, 0.2) is 0 Å². The number of unbranched alkanes of at least 4 members (excludes halogenated alkanes) is 2. The Balaban J connectivity index is 1.71. The van der Waals surface area contributed by atoms with E-state index in [9.17, 15) is 19.5 Å². The Morgan fingerprint density at radius 2 is 1.89 bits per heavy atom. The van der Waals surface area contributed by atoms with Gasteiger partial charge in [0.05, 0.1) is 30.1 Å². The minimum Gasteiger partial charge on any atom is -0.394 e. The van der Waals surface area contributed by atoms with E-state index in [4.69, 9.17) is 4.74 Å². The molecule has 1 aromatic carbocycles. The van der Waals surface area contributed by atoms with Crippen molar-refractivity contribution < 1.29 is 24.2 Å². The maximum Gasteiger partial charge on any atom is 0.245 e. The molecular weight excluding hydrogens is 458 g/mol. The predicted molar refractivity (Wildman–Crippen MR) is 137 cm³/mol. The fourth-order valence-corrected chi connectivity index (χ4v) is 6.66. The Morgan fingerprint density at radius 1 is 1.17 bits per heavy atom. The van der Waals surface area contributed by atoms with Gasteiger partial charge in [-0.05, 0) is 44.2 Å². The van der Waals surface area contributed by atoms with E-state index < -0.39 is 35.1 Å². The number of fused-ring (bicyclic) bond motifs is 1. The van der Waals surface area contributed by atoms with Gasteiger partial charge in [0.1, 0.15) is 11.6 Å². The molecule has 0 aromatic heterocycles. The molecule has 3 fully saturated rings. The van der Waals surface area contributed by atoms with E-state index in [0.717, 1.165) is 25.7 Å². The summed E-state index contributed by atoms with van der Waals surface area (Å²) in [7, 11) is 0. The van der Waals surface area contributed by atoms with Crippen molar-refractivity contribution in [3.05, 3.63) is 30.3 Å². The number of aliphatic hydroxyl groups is 1. The Bertz CT molecular complexity index is 971. The number of ether oxygens (including phenoxy) is 1. The number of amides is 3. The molecule has 7 atom stereocenters. The maximum atomic E-state index is 14.2. The molecule has 2 bridgehead atoms. The number of nitrogens with zero attached hydrogens (tertiary/aromatic N) is 1. The van der Waals surface area contributed by atoms with Crippen LogP contribution in [0.4, 0.5) is 5.69 Å². The summed E-state index contributed by atoms with van der Waals surface area (Å²) in [5.41, 5.74) is -1.26. The first-order chi connectivity index (χ1) is 17.2. The van der Waals surface area contributed by atoms with Crippen molar-refractivity contribution in [2.45, 2.75) is 89.5 Å². The van der Waals surface area contributed by atoms with Crippen LogP contribution < -0.4 is 10.6 Å². The highest BCUT2D eigenvalue weighted by Crippen LogP contribution is 2.63. The van der Waals surface area contributed by atoms with Crippen LogP contribution in [0.3, 0.4) is 0 Å². The molecule has 0 saturated carbocycles. The Morgan fingerprint density at radius 3 is 2.53 bits per heavy atom. The first-order valence-electron chi connectivity index (χ1n) is 13.5. The molecule has 8 heteroatoms.